The molecule has 0 N–H and O–H groups in total. The van der Waals surface area contributed by atoms with Gasteiger partial charge in [0.2, 0.25) is 0 Å². The van der Waals surface area contributed by atoms with Crippen LogP contribution in [0.5, 0.6) is 11.5 Å². The molecule has 0 saturated heterocycles. The highest BCUT2D eigenvalue weighted by atomic mass is 79.9. The van der Waals surface area contributed by atoms with Crippen LogP contribution in [0.25, 0.3) is 0 Å². The van der Waals surface area contributed by atoms with Gasteiger partial charge < -0.3 is 9.47 Å². The second-order valence-corrected chi connectivity index (χ2v) is 5.94. The van der Waals surface area contributed by atoms with Crippen LogP contribution in [0.1, 0.15) is 16.0 Å². The Morgan fingerprint density at radius 1 is 1.05 bits per heavy atom. The normalized spacial score (nSPS) is 12.3. The molecule has 0 aliphatic heterocycles. The van der Waals surface area contributed by atoms with E-state index in [1.807, 2.05) is 18.2 Å². The minimum atomic E-state index is -2.86. The van der Waals surface area contributed by atoms with Crippen molar-refractivity contribution in [1.82, 2.24) is 0 Å². The van der Waals surface area contributed by atoms with Crippen molar-refractivity contribution in [2.24, 2.45) is 0 Å². The number of hydrogen-bond acceptors (Lipinski definition) is 2. The maximum absolute atomic E-state index is 12.5. The first kappa shape index (κ1) is 16.2. The Labute approximate surface area is 138 Å². The molecule has 0 aromatic heterocycles. The fourth-order valence-corrected chi connectivity index (χ4v) is 3.57. The molecule has 0 saturated carbocycles. The molecule has 1 atom stereocenters. The van der Waals surface area contributed by atoms with Crippen LogP contribution in [-0.2, 0) is 0 Å². The number of hydrogen-bond donors (Lipinski definition) is 0. The van der Waals surface area contributed by atoms with Crippen molar-refractivity contribution in [2.75, 3.05) is 7.11 Å². The molecule has 112 valence electrons. The summed E-state index contributed by atoms with van der Waals surface area (Å²) in [6, 6.07) is 12.2. The lowest BCUT2D eigenvalue weighted by atomic mass is 10.0. The van der Waals surface area contributed by atoms with Crippen LogP contribution in [0.4, 0.5) is 8.78 Å². The first-order chi connectivity index (χ1) is 10.0. The summed E-state index contributed by atoms with van der Waals surface area (Å²) in [6.07, 6.45) is 0. The molecule has 21 heavy (non-hydrogen) atoms. The summed E-state index contributed by atoms with van der Waals surface area (Å²) in [5.41, 5.74) is 1.52. The Bertz CT molecular complexity index is 620. The monoisotopic (exact) mass is 420 g/mol. The minimum Gasteiger partial charge on any atom is -0.497 e. The zero-order valence-electron chi connectivity index (χ0n) is 11.0. The second-order valence-electron chi connectivity index (χ2n) is 4.17. The first-order valence-electron chi connectivity index (χ1n) is 6.04. The SMILES string of the molecule is COc1ccc(C(Br)c2ccccc2OC(F)F)c(Br)c1. The highest BCUT2D eigenvalue weighted by molar-refractivity contribution is 9.11. The predicted octanol–water partition coefficient (Wildman–Crippen LogP) is 5.54. The molecular formula is C15H12Br2F2O2. The van der Waals surface area contributed by atoms with Crippen LogP contribution in [0, 0.1) is 0 Å². The molecule has 0 radical (unpaired) electrons. The molecule has 0 aliphatic carbocycles. The minimum absolute atomic E-state index is 0.150. The number of para-hydroxylation sites is 1. The molecule has 1 unspecified atom stereocenters. The topological polar surface area (TPSA) is 18.5 Å². The number of alkyl halides is 3. The third kappa shape index (κ3) is 3.95. The number of halogens is 4. The predicted molar refractivity (Wildman–Crippen MR) is 84.5 cm³/mol. The third-order valence-corrected chi connectivity index (χ3v) is 4.56. The molecule has 6 heteroatoms. The number of ether oxygens (including phenoxy) is 2. The van der Waals surface area contributed by atoms with Gasteiger partial charge in [0.1, 0.15) is 11.5 Å². The quantitative estimate of drug-likeness (QED) is 0.589. The highest BCUT2D eigenvalue weighted by Crippen LogP contribution is 2.40. The molecule has 0 fully saturated rings. The van der Waals surface area contributed by atoms with E-state index in [-0.39, 0.29) is 10.6 Å². The van der Waals surface area contributed by atoms with Crippen molar-refractivity contribution in [3.63, 3.8) is 0 Å². The molecule has 0 amide bonds. The van der Waals surface area contributed by atoms with Gasteiger partial charge in [-0.15, -0.1) is 0 Å². The Balaban J connectivity index is 2.38. The van der Waals surface area contributed by atoms with Gasteiger partial charge in [0.05, 0.1) is 11.9 Å². The Morgan fingerprint density at radius 3 is 2.38 bits per heavy atom. The summed E-state index contributed by atoms with van der Waals surface area (Å²) in [6.45, 7) is -2.86. The summed E-state index contributed by atoms with van der Waals surface area (Å²) >= 11 is 7.00. The van der Waals surface area contributed by atoms with E-state index in [9.17, 15) is 8.78 Å². The van der Waals surface area contributed by atoms with Crippen LogP contribution in [-0.4, -0.2) is 13.7 Å². The summed E-state index contributed by atoms with van der Waals surface area (Å²) < 4.78 is 35.5. The van der Waals surface area contributed by atoms with Crippen molar-refractivity contribution in [2.45, 2.75) is 11.4 Å². The maximum atomic E-state index is 12.5. The van der Waals surface area contributed by atoms with Gasteiger partial charge in [0.15, 0.2) is 0 Å². The summed E-state index contributed by atoms with van der Waals surface area (Å²) in [5.74, 6) is 0.861. The number of rotatable bonds is 5. The fourth-order valence-electron chi connectivity index (χ4n) is 1.90. The lowest BCUT2D eigenvalue weighted by molar-refractivity contribution is -0.0503. The van der Waals surface area contributed by atoms with Crippen molar-refractivity contribution in [3.8, 4) is 11.5 Å². The smallest absolute Gasteiger partial charge is 0.387 e. The van der Waals surface area contributed by atoms with E-state index in [0.29, 0.717) is 11.3 Å². The molecule has 0 aliphatic rings. The highest BCUT2D eigenvalue weighted by Gasteiger charge is 2.19. The van der Waals surface area contributed by atoms with E-state index >= 15 is 0 Å². The lowest BCUT2D eigenvalue weighted by Crippen LogP contribution is -2.06. The van der Waals surface area contributed by atoms with E-state index in [0.717, 1.165) is 10.0 Å². The average Bonchev–Trinajstić information content (AvgIpc) is 2.46. The molecule has 0 spiro atoms. The van der Waals surface area contributed by atoms with E-state index in [2.05, 4.69) is 36.6 Å². The number of methoxy groups -OCH3 is 1. The standard InChI is InChI=1S/C15H12Br2F2O2/c1-20-9-6-7-10(12(16)8-9)14(17)11-4-2-3-5-13(11)21-15(18)19/h2-8,14-15H,1H3. The largest absolute Gasteiger partial charge is 0.497 e. The first-order valence-corrected chi connectivity index (χ1v) is 7.75. The van der Waals surface area contributed by atoms with Crippen molar-refractivity contribution in [3.05, 3.63) is 58.1 Å². The molecule has 2 rings (SSSR count). The van der Waals surface area contributed by atoms with Gasteiger partial charge in [0, 0.05) is 10.0 Å². The third-order valence-electron chi connectivity index (χ3n) is 2.89. The van der Waals surface area contributed by atoms with E-state index in [4.69, 9.17) is 4.74 Å². The lowest BCUT2D eigenvalue weighted by Gasteiger charge is -2.17. The van der Waals surface area contributed by atoms with Crippen molar-refractivity contribution < 1.29 is 18.3 Å². The van der Waals surface area contributed by atoms with Gasteiger partial charge in [-0.25, -0.2) is 0 Å². The van der Waals surface area contributed by atoms with Gasteiger partial charge in [-0.05, 0) is 23.8 Å². The van der Waals surface area contributed by atoms with Crippen LogP contribution in [0.2, 0.25) is 0 Å². The molecule has 2 aromatic carbocycles. The molecule has 2 aromatic rings. The molecule has 0 bridgehead atoms. The summed E-state index contributed by atoms with van der Waals surface area (Å²) in [4.78, 5) is -0.285. The van der Waals surface area contributed by atoms with Crippen LogP contribution in [0.3, 0.4) is 0 Å². The molecule has 0 heterocycles. The van der Waals surface area contributed by atoms with Crippen molar-refractivity contribution in [1.29, 1.82) is 0 Å². The zero-order chi connectivity index (χ0) is 15.4. The molecule has 2 nitrogen and oxygen atoms in total. The molecular weight excluding hydrogens is 410 g/mol. The average molecular weight is 422 g/mol. The maximum Gasteiger partial charge on any atom is 0.387 e. The van der Waals surface area contributed by atoms with Gasteiger partial charge in [-0.1, -0.05) is 56.1 Å². The van der Waals surface area contributed by atoms with Gasteiger partial charge in [-0.3, -0.25) is 0 Å². The van der Waals surface area contributed by atoms with Crippen molar-refractivity contribution >= 4 is 31.9 Å². The van der Waals surface area contributed by atoms with E-state index < -0.39 is 6.61 Å². The zero-order valence-corrected chi connectivity index (χ0v) is 14.2. The van der Waals surface area contributed by atoms with Crippen LogP contribution >= 0.6 is 31.9 Å². The number of benzene rings is 2. The summed E-state index contributed by atoms with van der Waals surface area (Å²) in [5, 5.41) is 0. The van der Waals surface area contributed by atoms with E-state index in [1.54, 1.807) is 25.3 Å². The second kappa shape index (κ2) is 7.22. The van der Waals surface area contributed by atoms with Crippen LogP contribution < -0.4 is 9.47 Å². The Hall–Kier alpha value is -1.14. The summed E-state index contributed by atoms with van der Waals surface area (Å²) in [7, 11) is 1.58. The van der Waals surface area contributed by atoms with Gasteiger partial charge in [-0.2, -0.15) is 8.78 Å². The van der Waals surface area contributed by atoms with E-state index in [1.165, 1.54) is 6.07 Å². The van der Waals surface area contributed by atoms with Gasteiger partial charge in [0.25, 0.3) is 0 Å². The van der Waals surface area contributed by atoms with Gasteiger partial charge >= 0.3 is 6.61 Å². The Kier molecular flexibility index (Phi) is 5.58. The Morgan fingerprint density at radius 2 is 1.76 bits per heavy atom. The van der Waals surface area contributed by atoms with Crippen LogP contribution in [0.15, 0.2) is 46.9 Å². The fraction of sp³-hybridized carbons (Fsp3) is 0.200.